The van der Waals surface area contributed by atoms with Crippen LogP contribution in [0.25, 0.3) is 5.69 Å². The van der Waals surface area contributed by atoms with Gasteiger partial charge in [-0.25, -0.2) is 0 Å². The zero-order valence-corrected chi connectivity index (χ0v) is 13.6. The van der Waals surface area contributed by atoms with Crippen LogP contribution in [0.5, 0.6) is 0 Å². The lowest BCUT2D eigenvalue weighted by Crippen LogP contribution is -2.04. The number of ketones is 1. The molecule has 0 aliphatic rings. The Hall–Kier alpha value is -0.770. The van der Waals surface area contributed by atoms with Gasteiger partial charge in [0.15, 0.2) is 5.78 Å². The van der Waals surface area contributed by atoms with Crippen molar-refractivity contribution >= 4 is 44.9 Å². The topological polar surface area (TPSA) is 22.0 Å². The fraction of sp³-hybridized carbons (Fsp3) is 0.214. The molecule has 19 heavy (non-hydrogen) atoms. The molecule has 0 saturated carbocycles. The van der Waals surface area contributed by atoms with E-state index in [9.17, 15) is 4.79 Å². The van der Waals surface area contributed by atoms with Crippen LogP contribution in [0.2, 0.25) is 5.02 Å². The van der Waals surface area contributed by atoms with Crippen molar-refractivity contribution in [2.24, 2.45) is 0 Å². The molecule has 0 spiro atoms. The molecule has 1 aromatic carbocycles. The summed E-state index contributed by atoms with van der Waals surface area (Å²) >= 11 is 15.2. The number of carbonyl (C=O) groups is 1. The number of aromatic nitrogens is 1. The average molecular weight is 361 g/mol. The smallest absolute Gasteiger partial charge is 0.179 e. The van der Waals surface area contributed by atoms with Crippen molar-refractivity contribution in [3.8, 4) is 5.69 Å². The van der Waals surface area contributed by atoms with E-state index in [1.807, 2.05) is 42.7 Å². The van der Waals surface area contributed by atoms with Crippen molar-refractivity contribution in [1.82, 2.24) is 4.57 Å². The van der Waals surface area contributed by atoms with E-state index >= 15 is 0 Å². The highest BCUT2D eigenvalue weighted by atomic mass is 79.9. The number of benzene rings is 1. The maximum Gasteiger partial charge on any atom is 0.179 e. The summed E-state index contributed by atoms with van der Waals surface area (Å²) in [6.07, 6.45) is 0. The van der Waals surface area contributed by atoms with Gasteiger partial charge in [-0.05, 0) is 54.0 Å². The first kappa shape index (κ1) is 14.6. The van der Waals surface area contributed by atoms with Gasteiger partial charge < -0.3 is 4.57 Å². The highest BCUT2D eigenvalue weighted by Crippen LogP contribution is 2.29. The van der Waals surface area contributed by atoms with Crippen molar-refractivity contribution < 1.29 is 4.79 Å². The van der Waals surface area contributed by atoms with Gasteiger partial charge >= 0.3 is 0 Å². The van der Waals surface area contributed by atoms with E-state index in [1.165, 1.54) is 0 Å². The highest BCUT2D eigenvalue weighted by Gasteiger charge is 2.17. The number of aryl methyl sites for hydroxylation is 1. The van der Waals surface area contributed by atoms with Crippen molar-refractivity contribution in [3.63, 3.8) is 0 Å². The Morgan fingerprint density at radius 1 is 1.32 bits per heavy atom. The molecule has 0 aliphatic heterocycles. The predicted octanol–water partition coefficient (Wildman–Crippen LogP) is 4.93. The molecule has 0 atom stereocenters. The molecule has 2 nitrogen and oxygen atoms in total. The predicted molar refractivity (Wildman–Crippen MR) is 83.0 cm³/mol. The van der Waals surface area contributed by atoms with Crippen LogP contribution < -0.4 is 0 Å². The normalized spacial score (nSPS) is 10.8. The minimum absolute atomic E-state index is 0.0129. The van der Waals surface area contributed by atoms with Crippen LogP contribution in [-0.2, 0) is 0 Å². The lowest BCUT2D eigenvalue weighted by Gasteiger charge is -2.12. The molecule has 0 radical (unpaired) electrons. The van der Waals surface area contributed by atoms with Crippen LogP contribution in [-0.4, -0.2) is 16.2 Å². The second-order valence-electron chi connectivity index (χ2n) is 4.27. The zero-order valence-electron chi connectivity index (χ0n) is 10.5. The van der Waals surface area contributed by atoms with Crippen LogP contribution >= 0.6 is 39.1 Å². The van der Waals surface area contributed by atoms with E-state index in [2.05, 4.69) is 15.9 Å². The Bertz CT molecular complexity index is 649. The molecular formula is C14H12BrCl2NO. The summed E-state index contributed by atoms with van der Waals surface area (Å²) in [6.45, 7) is 3.85. The number of carbonyl (C=O) groups excluding carboxylic acids is 1. The minimum Gasteiger partial charge on any atom is -0.317 e. The number of hydrogen-bond donors (Lipinski definition) is 0. The van der Waals surface area contributed by atoms with Gasteiger partial charge in [0.2, 0.25) is 0 Å². The lowest BCUT2D eigenvalue weighted by atomic mass is 10.2. The minimum atomic E-state index is -0.0702. The Morgan fingerprint density at radius 3 is 2.63 bits per heavy atom. The molecule has 0 saturated heterocycles. The summed E-state index contributed by atoms with van der Waals surface area (Å²) in [6, 6.07) is 7.42. The summed E-state index contributed by atoms with van der Waals surface area (Å²) in [7, 11) is 0. The van der Waals surface area contributed by atoms with Crippen LogP contribution in [0.3, 0.4) is 0 Å². The van der Waals surface area contributed by atoms with E-state index in [0.717, 1.165) is 21.5 Å². The molecular weight excluding hydrogens is 349 g/mol. The van der Waals surface area contributed by atoms with Gasteiger partial charge in [-0.15, -0.1) is 11.6 Å². The molecule has 0 fully saturated rings. The van der Waals surface area contributed by atoms with E-state index < -0.39 is 0 Å². The van der Waals surface area contributed by atoms with Crippen LogP contribution in [0.1, 0.15) is 21.7 Å². The van der Waals surface area contributed by atoms with Gasteiger partial charge in [0.05, 0.1) is 11.6 Å². The van der Waals surface area contributed by atoms with E-state index in [4.69, 9.17) is 23.2 Å². The molecule has 5 heteroatoms. The van der Waals surface area contributed by atoms with Crippen molar-refractivity contribution in [3.05, 3.63) is 50.7 Å². The fourth-order valence-corrected chi connectivity index (χ4v) is 2.88. The van der Waals surface area contributed by atoms with Gasteiger partial charge in [0, 0.05) is 26.4 Å². The summed E-state index contributed by atoms with van der Waals surface area (Å²) in [4.78, 5) is 11.8. The third-order valence-corrected chi connectivity index (χ3v) is 4.15. The van der Waals surface area contributed by atoms with Crippen LogP contribution in [0, 0.1) is 13.8 Å². The first-order valence-electron chi connectivity index (χ1n) is 5.69. The third-order valence-electron chi connectivity index (χ3n) is 3.00. The van der Waals surface area contributed by atoms with E-state index in [-0.39, 0.29) is 11.7 Å². The molecule has 100 valence electrons. The SMILES string of the molecule is Cc1cc(C(=O)CCl)c(C)n1-c1cc(Cl)ccc1Br. The number of Topliss-reactive ketones (excluding diaryl/α,β-unsaturated/α-hetero) is 1. The van der Waals surface area contributed by atoms with Gasteiger partial charge in [-0.2, -0.15) is 0 Å². The largest absolute Gasteiger partial charge is 0.317 e. The molecule has 0 bridgehead atoms. The Morgan fingerprint density at radius 2 is 2.00 bits per heavy atom. The summed E-state index contributed by atoms with van der Waals surface area (Å²) in [5, 5.41) is 0.649. The number of alkyl halides is 1. The molecule has 2 rings (SSSR count). The third kappa shape index (κ3) is 2.73. The molecule has 0 unspecified atom stereocenters. The van der Waals surface area contributed by atoms with E-state index in [1.54, 1.807) is 0 Å². The number of nitrogens with zero attached hydrogens (tertiary/aromatic N) is 1. The number of hydrogen-bond acceptors (Lipinski definition) is 1. The van der Waals surface area contributed by atoms with Gasteiger partial charge in [-0.3, -0.25) is 4.79 Å². The first-order chi connectivity index (χ1) is 8.95. The second kappa shape index (κ2) is 5.70. The maximum atomic E-state index is 11.8. The monoisotopic (exact) mass is 359 g/mol. The first-order valence-corrected chi connectivity index (χ1v) is 7.39. The standard InChI is InChI=1S/C14H12BrCl2NO/c1-8-5-11(14(19)7-16)9(2)18(8)13-6-10(17)3-4-12(13)15/h3-6H,7H2,1-2H3. The molecule has 0 aliphatic carbocycles. The molecule has 0 N–H and O–H groups in total. The van der Waals surface area contributed by atoms with Crippen molar-refractivity contribution in [1.29, 1.82) is 0 Å². The highest BCUT2D eigenvalue weighted by molar-refractivity contribution is 9.10. The average Bonchev–Trinajstić information content (AvgIpc) is 2.67. The van der Waals surface area contributed by atoms with Crippen molar-refractivity contribution in [2.75, 3.05) is 5.88 Å². The van der Waals surface area contributed by atoms with Crippen LogP contribution in [0.15, 0.2) is 28.7 Å². The Labute approximate surface area is 130 Å². The molecule has 2 aromatic rings. The fourth-order valence-electron chi connectivity index (χ4n) is 2.14. The number of halogens is 3. The Kier molecular flexibility index (Phi) is 4.39. The van der Waals surface area contributed by atoms with Gasteiger partial charge in [0.1, 0.15) is 0 Å². The molecule has 1 aromatic heterocycles. The Balaban J connectivity index is 2.66. The van der Waals surface area contributed by atoms with Gasteiger partial charge in [-0.1, -0.05) is 11.6 Å². The maximum absolute atomic E-state index is 11.8. The van der Waals surface area contributed by atoms with E-state index in [0.29, 0.717) is 10.6 Å². The lowest BCUT2D eigenvalue weighted by molar-refractivity contribution is 0.102. The summed E-state index contributed by atoms with van der Waals surface area (Å²) in [5.41, 5.74) is 3.40. The second-order valence-corrected chi connectivity index (χ2v) is 5.83. The zero-order chi connectivity index (χ0) is 14.2. The summed E-state index contributed by atoms with van der Waals surface area (Å²) in [5.74, 6) is -0.0831. The molecule has 1 heterocycles. The summed E-state index contributed by atoms with van der Waals surface area (Å²) < 4.78 is 2.92. The molecule has 0 amide bonds. The van der Waals surface area contributed by atoms with Crippen molar-refractivity contribution in [2.45, 2.75) is 13.8 Å². The number of rotatable bonds is 3. The van der Waals surface area contributed by atoms with Gasteiger partial charge in [0.25, 0.3) is 0 Å². The quantitative estimate of drug-likeness (QED) is 0.561. The van der Waals surface area contributed by atoms with Crippen LogP contribution in [0.4, 0.5) is 0 Å².